The van der Waals surface area contributed by atoms with Gasteiger partial charge in [0.2, 0.25) is 0 Å². The summed E-state index contributed by atoms with van der Waals surface area (Å²) in [5, 5.41) is 15.0. The molecule has 0 aliphatic heterocycles. The standard InChI is InChI=1S/C22H22N2O5/c1-4-7-15-10-14(11-18(20(15)25)28-5-2)13-23-24-22(26)19-12-16-8-6-9-17(27-3)21(16)29-19/h4,6,8-13,25H,1,5,7H2,2-3H3,(H,24,26)/b23-13-. The van der Waals surface area contributed by atoms with Crippen LogP contribution in [0, 0.1) is 0 Å². The van der Waals surface area contributed by atoms with Gasteiger partial charge in [-0.15, -0.1) is 6.58 Å². The number of carbonyl (C=O) groups excluding carboxylic acids is 1. The largest absolute Gasteiger partial charge is 0.504 e. The minimum Gasteiger partial charge on any atom is -0.504 e. The van der Waals surface area contributed by atoms with E-state index in [1.165, 1.54) is 13.3 Å². The van der Waals surface area contributed by atoms with E-state index >= 15 is 0 Å². The van der Waals surface area contributed by atoms with E-state index in [0.717, 1.165) is 5.39 Å². The van der Waals surface area contributed by atoms with Crippen molar-refractivity contribution in [3.8, 4) is 17.2 Å². The Labute approximate surface area is 168 Å². The molecule has 0 saturated heterocycles. The van der Waals surface area contributed by atoms with Gasteiger partial charge >= 0.3 is 5.91 Å². The van der Waals surface area contributed by atoms with Crippen LogP contribution in [0.2, 0.25) is 0 Å². The molecule has 0 bridgehead atoms. The van der Waals surface area contributed by atoms with E-state index in [0.29, 0.717) is 41.2 Å². The summed E-state index contributed by atoms with van der Waals surface area (Å²) >= 11 is 0. The van der Waals surface area contributed by atoms with E-state index in [1.807, 2.05) is 19.1 Å². The molecule has 0 atom stereocenters. The number of furan rings is 1. The molecule has 2 N–H and O–H groups in total. The van der Waals surface area contributed by atoms with Crippen molar-refractivity contribution in [2.75, 3.05) is 13.7 Å². The Bertz CT molecular complexity index is 1070. The van der Waals surface area contributed by atoms with Gasteiger partial charge in [0.05, 0.1) is 19.9 Å². The zero-order valence-corrected chi connectivity index (χ0v) is 16.3. The second-order valence-corrected chi connectivity index (χ2v) is 6.14. The third-order valence-corrected chi connectivity index (χ3v) is 4.17. The molecule has 0 aliphatic carbocycles. The van der Waals surface area contributed by atoms with Crippen LogP contribution in [0.5, 0.6) is 17.2 Å². The Morgan fingerprint density at radius 3 is 2.86 bits per heavy atom. The molecular formula is C22H22N2O5. The fourth-order valence-electron chi connectivity index (χ4n) is 2.87. The second kappa shape index (κ2) is 8.97. The van der Waals surface area contributed by atoms with Gasteiger partial charge in [0.1, 0.15) is 0 Å². The molecule has 0 fully saturated rings. The lowest BCUT2D eigenvalue weighted by Gasteiger charge is -2.10. The highest BCUT2D eigenvalue weighted by Gasteiger charge is 2.14. The summed E-state index contributed by atoms with van der Waals surface area (Å²) in [7, 11) is 1.54. The number of fused-ring (bicyclic) bond motifs is 1. The third kappa shape index (κ3) is 4.40. The Kier molecular flexibility index (Phi) is 6.19. The molecule has 7 heteroatoms. The molecule has 1 aromatic heterocycles. The summed E-state index contributed by atoms with van der Waals surface area (Å²) in [6.07, 6.45) is 3.62. The number of hydrazone groups is 1. The number of para-hydroxylation sites is 1. The van der Waals surface area contributed by atoms with Gasteiger partial charge in [0, 0.05) is 10.9 Å². The van der Waals surface area contributed by atoms with Crippen LogP contribution in [0.1, 0.15) is 28.6 Å². The summed E-state index contributed by atoms with van der Waals surface area (Å²) < 4.78 is 16.3. The van der Waals surface area contributed by atoms with Gasteiger partial charge in [-0.2, -0.15) is 5.10 Å². The number of benzene rings is 2. The lowest BCUT2D eigenvalue weighted by molar-refractivity contribution is 0.0929. The zero-order valence-electron chi connectivity index (χ0n) is 16.3. The number of methoxy groups -OCH3 is 1. The van der Waals surface area contributed by atoms with Crippen molar-refractivity contribution in [1.82, 2.24) is 5.43 Å². The van der Waals surface area contributed by atoms with Crippen molar-refractivity contribution in [2.45, 2.75) is 13.3 Å². The summed E-state index contributed by atoms with van der Waals surface area (Å²) in [5.41, 5.74) is 4.25. The van der Waals surface area contributed by atoms with Crippen LogP contribution in [0.3, 0.4) is 0 Å². The number of phenolic OH excluding ortho intramolecular Hbond substituents is 1. The Morgan fingerprint density at radius 1 is 1.31 bits per heavy atom. The first kappa shape index (κ1) is 20.0. The predicted molar refractivity (Wildman–Crippen MR) is 111 cm³/mol. The smallest absolute Gasteiger partial charge is 0.307 e. The minimum absolute atomic E-state index is 0.0733. The molecule has 0 radical (unpaired) electrons. The topological polar surface area (TPSA) is 93.3 Å². The third-order valence-electron chi connectivity index (χ3n) is 4.17. The summed E-state index contributed by atoms with van der Waals surface area (Å²) in [5.74, 6) is 0.602. The number of carbonyl (C=O) groups is 1. The summed E-state index contributed by atoms with van der Waals surface area (Å²) in [6, 6.07) is 10.4. The first-order chi connectivity index (χ1) is 14.1. The van der Waals surface area contributed by atoms with E-state index < -0.39 is 5.91 Å². The van der Waals surface area contributed by atoms with Crippen LogP contribution in [-0.4, -0.2) is 30.9 Å². The normalized spacial score (nSPS) is 11.0. The minimum atomic E-state index is -0.491. The number of allylic oxidation sites excluding steroid dienone is 1. The van der Waals surface area contributed by atoms with Crippen LogP contribution >= 0.6 is 0 Å². The van der Waals surface area contributed by atoms with Crippen molar-refractivity contribution in [1.29, 1.82) is 0 Å². The highest BCUT2D eigenvalue weighted by atomic mass is 16.5. The number of nitrogens with one attached hydrogen (secondary N) is 1. The van der Waals surface area contributed by atoms with Crippen molar-refractivity contribution in [2.24, 2.45) is 5.10 Å². The van der Waals surface area contributed by atoms with E-state index in [9.17, 15) is 9.90 Å². The average molecular weight is 394 g/mol. The Hall–Kier alpha value is -3.74. The van der Waals surface area contributed by atoms with Crippen LogP contribution < -0.4 is 14.9 Å². The summed E-state index contributed by atoms with van der Waals surface area (Å²) in [4.78, 5) is 12.4. The van der Waals surface area contributed by atoms with Gasteiger partial charge in [-0.25, -0.2) is 5.43 Å². The Balaban J connectivity index is 1.78. The SMILES string of the molecule is C=CCc1cc(/C=N\NC(=O)c2cc3cccc(OC)c3o2)cc(OCC)c1O. The van der Waals surface area contributed by atoms with Gasteiger partial charge in [-0.05, 0) is 43.2 Å². The summed E-state index contributed by atoms with van der Waals surface area (Å²) in [6.45, 7) is 5.93. The molecular weight excluding hydrogens is 372 g/mol. The molecule has 3 aromatic rings. The van der Waals surface area contributed by atoms with Crippen LogP contribution in [0.15, 0.2) is 58.6 Å². The van der Waals surface area contributed by atoms with Crippen molar-refractivity contribution in [3.05, 3.63) is 65.9 Å². The monoisotopic (exact) mass is 394 g/mol. The number of rotatable bonds is 8. The van der Waals surface area contributed by atoms with E-state index in [4.69, 9.17) is 13.9 Å². The number of amides is 1. The van der Waals surface area contributed by atoms with Gasteiger partial charge in [-0.1, -0.05) is 18.2 Å². The molecule has 3 rings (SSSR count). The molecule has 2 aromatic carbocycles. The van der Waals surface area contributed by atoms with Crippen molar-refractivity contribution >= 4 is 23.1 Å². The van der Waals surface area contributed by atoms with Gasteiger partial charge in [0.15, 0.2) is 28.6 Å². The van der Waals surface area contributed by atoms with Crippen LogP contribution in [-0.2, 0) is 6.42 Å². The molecule has 150 valence electrons. The van der Waals surface area contributed by atoms with Crippen molar-refractivity contribution in [3.63, 3.8) is 0 Å². The van der Waals surface area contributed by atoms with E-state index in [1.54, 1.807) is 30.3 Å². The molecule has 0 aliphatic rings. The molecule has 1 heterocycles. The maximum Gasteiger partial charge on any atom is 0.307 e. The number of hydrogen-bond donors (Lipinski definition) is 2. The fraction of sp³-hybridized carbons (Fsp3) is 0.182. The zero-order chi connectivity index (χ0) is 20.8. The molecule has 29 heavy (non-hydrogen) atoms. The van der Waals surface area contributed by atoms with E-state index in [2.05, 4.69) is 17.1 Å². The maximum atomic E-state index is 12.4. The van der Waals surface area contributed by atoms with Crippen molar-refractivity contribution < 1.29 is 23.8 Å². The average Bonchev–Trinajstić information content (AvgIpc) is 3.16. The first-order valence-electron chi connectivity index (χ1n) is 9.06. The number of hydrogen-bond acceptors (Lipinski definition) is 6. The number of nitrogens with zero attached hydrogens (tertiary/aromatic N) is 1. The number of phenols is 1. The number of ether oxygens (including phenoxy) is 2. The maximum absolute atomic E-state index is 12.4. The van der Waals surface area contributed by atoms with E-state index in [-0.39, 0.29) is 11.5 Å². The second-order valence-electron chi connectivity index (χ2n) is 6.14. The lowest BCUT2D eigenvalue weighted by atomic mass is 10.1. The van der Waals surface area contributed by atoms with Gasteiger partial charge < -0.3 is 19.0 Å². The molecule has 7 nitrogen and oxygen atoms in total. The fourth-order valence-corrected chi connectivity index (χ4v) is 2.87. The highest BCUT2D eigenvalue weighted by Crippen LogP contribution is 2.32. The first-order valence-corrected chi connectivity index (χ1v) is 9.06. The molecule has 0 saturated carbocycles. The highest BCUT2D eigenvalue weighted by molar-refractivity contribution is 5.97. The van der Waals surface area contributed by atoms with Gasteiger partial charge in [0.25, 0.3) is 0 Å². The van der Waals surface area contributed by atoms with Crippen LogP contribution in [0.4, 0.5) is 0 Å². The Morgan fingerprint density at radius 2 is 2.14 bits per heavy atom. The lowest BCUT2D eigenvalue weighted by Crippen LogP contribution is -2.16. The molecule has 0 spiro atoms. The predicted octanol–water partition coefficient (Wildman–Crippen LogP) is 4.04. The van der Waals surface area contributed by atoms with Crippen LogP contribution in [0.25, 0.3) is 11.0 Å². The van der Waals surface area contributed by atoms with Gasteiger partial charge in [-0.3, -0.25) is 4.79 Å². The molecule has 0 unspecified atom stereocenters. The quantitative estimate of drug-likeness (QED) is 0.342. The molecule has 1 amide bonds. The number of aromatic hydroxyl groups is 1.